The fourth-order valence-corrected chi connectivity index (χ4v) is 5.02. The summed E-state index contributed by atoms with van der Waals surface area (Å²) in [6.45, 7) is 0.757. The molecule has 4 heterocycles. The van der Waals surface area contributed by atoms with Crippen LogP contribution in [0, 0.1) is 0 Å². The van der Waals surface area contributed by atoms with Crippen LogP contribution < -0.4 is 10.6 Å². The Labute approximate surface area is 209 Å². The third kappa shape index (κ3) is 4.56. The van der Waals surface area contributed by atoms with Gasteiger partial charge in [-0.3, -0.25) is 38.9 Å². The number of likely N-dealkylation sites (tertiary alicyclic amines) is 1. The molecule has 0 aliphatic carbocycles. The molecule has 0 spiro atoms. The number of fused-ring (bicyclic) bond motifs is 1. The molecule has 0 radical (unpaired) electrons. The van der Waals surface area contributed by atoms with Gasteiger partial charge < -0.3 is 10.2 Å². The molecule has 2 N–H and O–H groups in total. The molecule has 5 rings (SSSR count). The Balaban J connectivity index is 1.24. The minimum absolute atomic E-state index is 0.0299. The number of nitrogens with zero attached hydrogens (tertiary/aromatic N) is 4. The van der Waals surface area contributed by atoms with E-state index >= 15 is 0 Å². The second-order valence-corrected chi connectivity index (χ2v) is 9.21. The van der Waals surface area contributed by atoms with Crippen molar-refractivity contribution in [3.05, 3.63) is 47.3 Å². The van der Waals surface area contributed by atoms with E-state index in [0.29, 0.717) is 25.1 Å². The van der Waals surface area contributed by atoms with Crippen LogP contribution in [0.25, 0.3) is 0 Å². The zero-order chi connectivity index (χ0) is 26.3. The predicted octanol–water partition coefficient (Wildman–Crippen LogP) is 1.32. The molecule has 0 saturated carbocycles. The van der Waals surface area contributed by atoms with Gasteiger partial charge in [0, 0.05) is 43.5 Å². The van der Waals surface area contributed by atoms with E-state index in [4.69, 9.17) is 0 Å². The maximum absolute atomic E-state index is 13.2. The average molecular weight is 514 g/mol. The zero-order valence-electron chi connectivity index (χ0n) is 19.7. The Bertz CT molecular complexity index is 1290. The number of hydrogen-bond donors (Lipinski definition) is 2. The van der Waals surface area contributed by atoms with Gasteiger partial charge in [0.25, 0.3) is 17.7 Å². The lowest BCUT2D eigenvalue weighted by Gasteiger charge is -2.31. The second-order valence-electron chi connectivity index (χ2n) is 9.21. The molecular formula is C24H24F2N6O5. The summed E-state index contributed by atoms with van der Waals surface area (Å²) in [6, 6.07) is 3.75. The van der Waals surface area contributed by atoms with Gasteiger partial charge in [-0.2, -0.15) is 13.9 Å². The van der Waals surface area contributed by atoms with Crippen LogP contribution in [0.15, 0.2) is 30.6 Å². The zero-order valence-corrected chi connectivity index (χ0v) is 19.7. The van der Waals surface area contributed by atoms with Gasteiger partial charge in [-0.15, -0.1) is 0 Å². The van der Waals surface area contributed by atoms with E-state index in [1.165, 1.54) is 11.0 Å². The SMILES string of the molecule is O=C1CCC(N2C(=O)c3cccc(NCc4cnn(C5CCN(C(=O)C(F)F)CC5)c4)c3C2=O)C(=O)N1. The summed E-state index contributed by atoms with van der Waals surface area (Å²) in [6.07, 6.45) is 1.59. The van der Waals surface area contributed by atoms with E-state index in [2.05, 4.69) is 15.7 Å². The number of rotatable bonds is 6. The Morgan fingerprint density at radius 3 is 2.57 bits per heavy atom. The standard InChI is InChI=1S/C24H24F2N6O5/c25-20(26)24(37)30-8-6-14(7-9-30)31-12-13(11-28-31)10-27-16-3-1-2-15-19(16)23(36)32(22(15)35)17-4-5-18(33)29-21(17)34/h1-3,11-12,14,17,20,27H,4-10H2,(H,29,33,34). The smallest absolute Gasteiger partial charge is 0.315 e. The van der Waals surface area contributed by atoms with Crippen LogP contribution >= 0.6 is 0 Å². The van der Waals surface area contributed by atoms with Crippen LogP contribution in [0.3, 0.4) is 0 Å². The van der Waals surface area contributed by atoms with Crippen molar-refractivity contribution in [3.63, 3.8) is 0 Å². The predicted molar refractivity (Wildman–Crippen MR) is 124 cm³/mol. The van der Waals surface area contributed by atoms with Gasteiger partial charge in [-0.1, -0.05) is 6.07 Å². The summed E-state index contributed by atoms with van der Waals surface area (Å²) < 4.78 is 27.0. The number of nitrogens with one attached hydrogen (secondary N) is 2. The van der Waals surface area contributed by atoms with Crippen molar-refractivity contribution in [3.8, 4) is 0 Å². The van der Waals surface area contributed by atoms with Crippen LogP contribution in [0.5, 0.6) is 0 Å². The van der Waals surface area contributed by atoms with Crippen LogP contribution in [-0.4, -0.2) is 74.7 Å². The monoisotopic (exact) mass is 514 g/mol. The first-order valence-corrected chi connectivity index (χ1v) is 11.9. The summed E-state index contributed by atoms with van der Waals surface area (Å²) >= 11 is 0. The molecule has 0 bridgehead atoms. The van der Waals surface area contributed by atoms with E-state index in [1.807, 2.05) is 6.20 Å². The minimum atomic E-state index is -3.00. The summed E-state index contributed by atoms with van der Waals surface area (Å²) in [4.78, 5) is 63.5. The summed E-state index contributed by atoms with van der Waals surface area (Å²) in [5.74, 6) is -3.44. The van der Waals surface area contributed by atoms with Crippen molar-refractivity contribution in [1.82, 2.24) is 24.9 Å². The van der Waals surface area contributed by atoms with Crippen molar-refractivity contribution in [2.75, 3.05) is 18.4 Å². The lowest BCUT2D eigenvalue weighted by molar-refractivity contribution is -0.144. The van der Waals surface area contributed by atoms with Crippen molar-refractivity contribution < 1.29 is 32.8 Å². The van der Waals surface area contributed by atoms with Crippen molar-refractivity contribution in [2.24, 2.45) is 0 Å². The maximum atomic E-state index is 13.2. The van der Waals surface area contributed by atoms with Crippen molar-refractivity contribution >= 4 is 35.2 Å². The fraction of sp³-hybridized carbons (Fsp3) is 0.417. The van der Waals surface area contributed by atoms with Crippen molar-refractivity contribution in [2.45, 2.75) is 50.7 Å². The quantitative estimate of drug-likeness (QED) is 0.556. The second kappa shape index (κ2) is 9.71. The van der Waals surface area contributed by atoms with Gasteiger partial charge in [0.2, 0.25) is 11.8 Å². The van der Waals surface area contributed by atoms with Crippen LogP contribution in [0.1, 0.15) is 58.0 Å². The number of imide groups is 2. The Morgan fingerprint density at radius 2 is 1.86 bits per heavy atom. The molecule has 194 valence electrons. The molecule has 1 atom stereocenters. The normalized spacial score (nSPS) is 20.5. The molecule has 1 aromatic carbocycles. The summed E-state index contributed by atoms with van der Waals surface area (Å²) in [5, 5.41) is 9.70. The van der Waals surface area contributed by atoms with Gasteiger partial charge in [0.15, 0.2) is 0 Å². The molecule has 3 aliphatic rings. The number of halogens is 2. The number of amides is 5. The number of anilines is 1. The first-order valence-electron chi connectivity index (χ1n) is 11.9. The van der Waals surface area contributed by atoms with Gasteiger partial charge in [0.05, 0.1) is 23.4 Å². The van der Waals surface area contributed by atoms with Crippen molar-refractivity contribution in [1.29, 1.82) is 0 Å². The Kier molecular flexibility index (Phi) is 6.44. The van der Waals surface area contributed by atoms with Gasteiger partial charge in [-0.25, -0.2) is 0 Å². The maximum Gasteiger partial charge on any atom is 0.315 e. The van der Waals surface area contributed by atoms with Crippen LogP contribution in [0.4, 0.5) is 14.5 Å². The highest BCUT2D eigenvalue weighted by molar-refractivity contribution is 6.25. The molecule has 2 aromatic rings. The number of piperidine rings is 2. The third-order valence-corrected chi connectivity index (χ3v) is 6.94. The highest BCUT2D eigenvalue weighted by Crippen LogP contribution is 2.32. The Morgan fingerprint density at radius 1 is 1.11 bits per heavy atom. The van der Waals surface area contributed by atoms with E-state index < -0.39 is 42.0 Å². The largest absolute Gasteiger partial charge is 0.380 e. The molecule has 11 nitrogen and oxygen atoms in total. The van der Waals surface area contributed by atoms with E-state index in [9.17, 15) is 32.8 Å². The number of hydrogen-bond acceptors (Lipinski definition) is 7. The van der Waals surface area contributed by atoms with E-state index in [-0.39, 0.29) is 43.1 Å². The van der Waals surface area contributed by atoms with Crippen LogP contribution in [0.2, 0.25) is 0 Å². The number of carbonyl (C=O) groups is 5. The minimum Gasteiger partial charge on any atom is -0.380 e. The fourth-order valence-electron chi connectivity index (χ4n) is 5.02. The average Bonchev–Trinajstić information content (AvgIpc) is 3.46. The number of alkyl halides is 2. The molecule has 2 fully saturated rings. The summed E-state index contributed by atoms with van der Waals surface area (Å²) in [7, 11) is 0. The molecular weight excluding hydrogens is 490 g/mol. The van der Waals surface area contributed by atoms with Gasteiger partial charge in [-0.05, 0) is 31.4 Å². The molecule has 37 heavy (non-hydrogen) atoms. The Hall–Kier alpha value is -4.16. The number of aromatic nitrogens is 2. The molecule has 5 amide bonds. The van der Waals surface area contributed by atoms with Gasteiger partial charge >= 0.3 is 6.43 Å². The number of benzene rings is 1. The lowest BCUT2D eigenvalue weighted by atomic mass is 10.0. The van der Waals surface area contributed by atoms with Gasteiger partial charge in [0.1, 0.15) is 6.04 Å². The number of carbonyl (C=O) groups excluding carboxylic acids is 5. The summed E-state index contributed by atoms with van der Waals surface area (Å²) in [5.41, 5.74) is 1.57. The highest BCUT2D eigenvalue weighted by Gasteiger charge is 2.45. The van der Waals surface area contributed by atoms with E-state index in [1.54, 1.807) is 23.0 Å². The molecule has 2 saturated heterocycles. The highest BCUT2D eigenvalue weighted by atomic mass is 19.3. The van der Waals surface area contributed by atoms with Crippen LogP contribution in [-0.2, 0) is 20.9 Å². The molecule has 3 aliphatic heterocycles. The molecule has 1 aromatic heterocycles. The topological polar surface area (TPSA) is 134 Å². The van der Waals surface area contributed by atoms with E-state index in [0.717, 1.165) is 10.5 Å². The lowest BCUT2D eigenvalue weighted by Crippen LogP contribution is -2.54. The third-order valence-electron chi connectivity index (χ3n) is 6.94. The molecule has 13 heteroatoms. The first-order chi connectivity index (χ1) is 17.7. The first kappa shape index (κ1) is 24.5. The molecule has 1 unspecified atom stereocenters.